The van der Waals surface area contributed by atoms with Crippen LogP contribution in [-0.4, -0.2) is 48.6 Å². The van der Waals surface area contributed by atoms with Crippen LogP contribution in [0, 0.1) is 33.0 Å². The van der Waals surface area contributed by atoms with Gasteiger partial charge in [-0.25, -0.2) is 0 Å². The SMILES string of the molecule is CC[C@@]12CC[C@@]3(C)C4=CC(=O)C(O)=C(C)C4=CC=C3[C@@]1(C)CC[C@@]1(C)CC[C@@](C)(CN3CCOCC3)C[C@H]12. The second-order valence-corrected chi connectivity index (χ2v) is 14.8. The van der Waals surface area contributed by atoms with Gasteiger partial charge < -0.3 is 9.84 Å². The van der Waals surface area contributed by atoms with Gasteiger partial charge in [-0.1, -0.05) is 52.3 Å². The van der Waals surface area contributed by atoms with Gasteiger partial charge in [0, 0.05) is 30.6 Å². The Morgan fingerprint density at radius 3 is 2.42 bits per heavy atom. The van der Waals surface area contributed by atoms with Gasteiger partial charge in [0.15, 0.2) is 5.76 Å². The molecule has 0 amide bonds. The number of allylic oxidation sites excluding steroid dienone is 7. The third-order valence-corrected chi connectivity index (χ3v) is 13.0. The molecule has 1 N–H and O–H groups in total. The second-order valence-electron chi connectivity index (χ2n) is 14.8. The first-order valence-corrected chi connectivity index (χ1v) is 15.3. The molecular formula is C34H49NO3. The van der Waals surface area contributed by atoms with E-state index in [0.717, 1.165) is 49.4 Å². The van der Waals surface area contributed by atoms with Crippen LogP contribution < -0.4 is 0 Å². The zero-order chi connectivity index (χ0) is 27.1. The molecule has 5 aliphatic carbocycles. The number of aliphatic hydroxyl groups excluding tert-OH is 1. The fourth-order valence-electron chi connectivity index (χ4n) is 10.5. The number of rotatable bonds is 3. The highest BCUT2D eigenvalue weighted by atomic mass is 16.5. The molecule has 208 valence electrons. The van der Waals surface area contributed by atoms with Crippen molar-refractivity contribution in [3.05, 3.63) is 46.3 Å². The fraction of sp³-hybridized carbons (Fsp3) is 0.735. The molecule has 4 nitrogen and oxygen atoms in total. The fourth-order valence-corrected chi connectivity index (χ4v) is 10.5. The van der Waals surface area contributed by atoms with Crippen molar-refractivity contribution >= 4 is 5.78 Å². The predicted octanol–water partition coefficient (Wildman–Crippen LogP) is 7.34. The number of morpholine rings is 1. The highest BCUT2D eigenvalue weighted by Crippen LogP contribution is 2.76. The minimum Gasteiger partial charge on any atom is -0.504 e. The van der Waals surface area contributed by atoms with E-state index in [4.69, 9.17) is 4.74 Å². The van der Waals surface area contributed by atoms with Crippen LogP contribution in [0.4, 0.5) is 0 Å². The summed E-state index contributed by atoms with van der Waals surface area (Å²) in [6, 6.07) is 0. The van der Waals surface area contributed by atoms with E-state index in [2.05, 4.69) is 51.7 Å². The van der Waals surface area contributed by atoms with Crippen molar-refractivity contribution in [3.63, 3.8) is 0 Å². The molecule has 4 heteroatoms. The highest BCUT2D eigenvalue weighted by Gasteiger charge is 2.67. The topological polar surface area (TPSA) is 49.8 Å². The number of ether oxygens (including phenoxy) is 1. The number of ketones is 1. The van der Waals surface area contributed by atoms with Crippen LogP contribution in [0.25, 0.3) is 0 Å². The molecule has 0 aromatic heterocycles. The molecule has 6 rings (SSSR count). The van der Waals surface area contributed by atoms with Crippen LogP contribution in [0.2, 0.25) is 0 Å². The molecule has 0 bridgehead atoms. The number of nitrogens with zero attached hydrogens (tertiary/aromatic N) is 1. The van der Waals surface area contributed by atoms with Crippen molar-refractivity contribution in [2.24, 2.45) is 33.0 Å². The van der Waals surface area contributed by atoms with Crippen molar-refractivity contribution in [1.82, 2.24) is 4.90 Å². The summed E-state index contributed by atoms with van der Waals surface area (Å²) in [5, 5.41) is 10.4. The van der Waals surface area contributed by atoms with Crippen molar-refractivity contribution < 1.29 is 14.6 Å². The molecule has 4 fully saturated rings. The molecule has 38 heavy (non-hydrogen) atoms. The Morgan fingerprint density at radius 2 is 1.71 bits per heavy atom. The molecule has 0 unspecified atom stereocenters. The Labute approximate surface area is 230 Å². The van der Waals surface area contributed by atoms with E-state index in [9.17, 15) is 9.90 Å². The van der Waals surface area contributed by atoms with Crippen LogP contribution >= 0.6 is 0 Å². The summed E-state index contributed by atoms with van der Waals surface area (Å²) in [6.45, 7) is 19.7. The summed E-state index contributed by atoms with van der Waals surface area (Å²) >= 11 is 0. The minimum atomic E-state index is -0.225. The molecule has 0 spiro atoms. The molecule has 0 aromatic carbocycles. The maximum atomic E-state index is 12.8. The highest BCUT2D eigenvalue weighted by molar-refractivity contribution is 6.06. The van der Waals surface area contributed by atoms with Crippen LogP contribution in [0.3, 0.4) is 0 Å². The molecule has 6 atom stereocenters. The van der Waals surface area contributed by atoms with Crippen molar-refractivity contribution in [1.29, 1.82) is 0 Å². The van der Waals surface area contributed by atoms with Gasteiger partial charge in [-0.05, 0) is 103 Å². The lowest BCUT2D eigenvalue weighted by atomic mass is 9.33. The lowest BCUT2D eigenvalue weighted by molar-refractivity contribution is -0.175. The number of fused-ring (bicyclic) bond motifs is 7. The van der Waals surface area contributed by atoms with Gasteiger partial charge in [-0.3, -0.25) is 9.69 Å². The zero-order valence-electron chi connectivity index (χ0n) is 24.7. The van der Waals surface area contributed by atoms with E-state index in [1.54, 1.807) is 11.6 Å². The lowest BCUT2D eigenvalue weighted by Gasteiger charge is -2.71. The van der Waals surface area contributed by atoms with Gasteiger partial charge >= 0.3 is 0 Å². The number of carbonyl (C=O) groups excluding carboxylic acids is 1. The van der Waals surface area contributed by atoms with E-state index in [1.807, 2.05) is 6.92 Å². The molecular weight excluding hydrogens is 470 g/mol. The smallest absolute Gasteiger partial charge is 0.220 e. The van der Waals surface area contributed by atoms with E-state index >= 15 is 0 Å². The first-order valence-electron chi connectivity index (χ1n) is 15.3. The second kappa shape index (κ2) is 8.67. The maximum Gasteiger partial charge on any atom is 0.220 e. The number of aliphatic hydroxyl groups is 1. The van der Waals surface area contributed by atoms with Crippen molar-refractivity contribution in [2.45, 2.75) is 92.9 Å². The van der Waals surface area contributed by atoms with Crippen LogP contribution in [0.1, 0.15) is 92.9 Å². The summed E-state index contributed by atoms with van der Waals surface area (Å²) in [5.41, 5.74) is 5.52. The quantitative estimate of drug-likeness (QED) is 0.424. The standard InChI is InChI=1S/C34H49NO3/c1-7-34-15-13-32(5)25-20-26(36)29(37)23(2)24(25)8-9-27(32)33(34,6)14-12-31(4)11-10-30(3,21-28(31)34)22-35-16-18-38-19-17-35/h8-9,20,28,37H,7,10-19,21-22H2,1-6H3/t28-,30-,31-,32+,33-,34+/m1/s1. The van der Waals surface area contributed by atoms with Crippen LogP contribution in [-0.2, 0) is 9.53 Å². The molecule has 0 radical (unpaired) electrons. The largest absolute Gasteiger partial charge is 0.504 e. The molecule has 1 heterocycles. The monoisotopic (exact) mass is 519 g/mol. The van der Waals surface area contributed by atoms with E-state index in [-0.39, 0.29) is 27.8 Å². The Kier molecular flexibility index (Phi) is 6.06. The first-order chi connectivity index (χ1) is 17.9. The van der Waals surface area contributed by atoms with Gasteiger partial charge in [-0.15, -0.1) is 0 Å². The summed E-state index contributed by atoms with van der Waals surface area (Å²) in [4.78, 5) is 15.4. The Balaban J connectivity index is 1.41. The molecule has 1 aliphatic heterocycles. The van der Waals surface area contributed by atoms with Gasteiger partial charge in [0.2, 0.25) is 5.78 Å². The van der Waals surface area contributed by atoms with Gasteiger partial charge in [0.1, 0.15) is 0 Å². The Bertz CT molecular complexity index is 1170. The van der Waals surface area contributed by atoms with Gasteiger partial charge in [-0.2, -0.15) is 0 Å². The third-order valence-electron chi connectivity index (χ3n) is 13.0. The number of hydrogen-bond acceptors (Lipinski definition) is 4. The molecule has 6 aliphatic rings. The zero-order valence-corrected chi connectivity index (χ0v) is 24.7. The number of carbonyl (C=O) groups is 1. The van der Waals surface area contributed by atoms with E-state index in [0.29, 0.717) is 16.7 Å². The molecule has 1 saturated heterocycles. The Hall–Kier alpha value is -1.65. The van der Waals surface area contributed by atoms with Crippen molar-refractivity contribution in [3.8, 4) is 0 Å². The van der Waals surface area contributed by atoms with Crippen LogP contribution in [0.15, 0.2) is 46.3 Å². The first kappa shape index (κ1) is 26.6. The van der Waals surface area contributed by atoms with E-state index < -0.39 is 0 Å². The average molecular weight is 520 g/mol. The minimum absolute atomic E-state index is 0.0828. The summed E-state index contributed by atoms with van der Waals surface area (Å²) in [7, 11) is 0. The van der Waals surface area contributed by atoms with Gasteiger partial charge in [0.25, 0.3) is 0 Å². The molecule has 0 aromatic rings. The average Bonchev–Trinajstić information content (AvgIpc) is 2.89. The van der Waals surface area contributed by atoms with Crippen molar-refractivity contribution in [2.75, 3.05) is 32.8 Å². The van der Waals surface area contributed by atoms with Gasteiger partial charge in [0.05, 0.1) is 13.2 Å². The van der Waals surface area contributed by atoms with Crippen LogP contribution in [0.5, 0.6) is 0 Å². The summed E-state index contributed by atoms with van der Waals surface area (Å²) < 4.78 is 5.66. The predicted molar refractivity (Wildman–Crippen MR) is 153 cm³/mol. The van der Waals surface area contributed by atoms with E-state index in [1.165, 1.54) is 51.5 Å². The summed E-state index contributed by atoms with van der Waals surface area (Å²) in [6.07, 6.45) is 16.5. The number of hydrogen-bond donors (Lipinski definition) is 1. The maximum absolute atomic E-state index is 12.8. The third kappa shape index (κ3) is 3.51. The normalized spacial score (nSPS) is 45.3. The lowest BCUT2D eigenvalue weighted by Crippen LogP contribution is -2.63. The molecule has 3 saturated carbocycles. The Morgan fingerprint density at radius 1 is 1.00 bits per heavy atom. The summed E-state index contributed by atoms with van der Waals surface area (Å²) in [5.74, 6) is 0.402.